The Kier molecular flexibility index (Phi) is 44.2. The Morgan fingerprint density at radius 3 is 1.30 bits per heavy atom. The summed E-state index contributed by atoms with van der Waals surface area (Å²) in [5, 5.41) is 13.9. The number of hydrogen-bond acceptors (Lipinski definition) is 6. The first kappa shape index (κ1) is 56.2. The number of allylic oxidation sites excluding steroid dienone is 2. The van der Waals surface area contributed by atoms with E-state index in [1.807, 2.05) is 0 Å². The van der Waals surface area contributed by atoms with Gasteiger partial charge in [-0.2, -0.15) is 0 Å². The standard InChI is InChI=1S/C48H97N2O6P/c1-3-5-7-9-11-13-15-17-19-21-23-25-27-29-31-33-35-37-39-41-47(51)46(45-56-57(53,54)55-44-43-49)50-48(52)42-40-38-36-34-32-30-28-26-24-22-20-18-16-14-12-10-8-6-4-2/h18,20,46-47,51H,3-17,19,21-45,49H2,1-2H3,(H,50,52)(H,53,54)/b20-18-. The lowest BCUT2D eigenvalue weighted by molar-refractivity contribution is -0.123. The van der Waals surface area contributed by atoms with Crippen LogP contribution in [0, 0.1) is 0 Å². The van der Waals surface area contributed by atoms with Crippen molar-refractivity contribution in [3.8, 4) is 0 Å². The molecule has 0 aliphatic rings. The lowest BCUT2D eigenvalue weighted by Gasteiger charge is -2.25. The Labute approximate surface area is 354 Å². The van der Waals surface area contributed by atoms with Crippen molar-refractivity contribution in [1.29, 1.82) is 0 Å². The number of rotatable bonds is 47. The van der Waals surface area contributed by atoms with E-state index >= 15 is 0 Å². The van der Waals surface area contributed by atoms with Crippen molar-refractivity contribution in [3.63, 3.8) is 0 Å². The second kappa shape index (κ2) is 44.8. The van der Waals surface area contributed by atoms with Gasteiger partial charge in [0.1, 0.15) is 0 Å². The fourth-order valence-electron chi connectivity index (χ4n) is 7.60. The number of nitrogens with one attached hydrogen (secondary N) is 1. The van der Waals surface area contributed by atoms with E-state index < -0.39 is 20.0 Å². The number of hydrogen-bond donors (Lipinski definition) is 4. The molecule has 3 unspecified atom stereocenters. The van der Waals surface area contributed by atoms with Crippen molar-refractivity contribution < 1.29 is 28.4 Å². The van der Waals surface area contributed by atoms with Gasteiger partial charge in [-0.3, -0.25) is 13.8 Å². The summed E-state index contributed by atoms with van der Waals surface area (Å²) < 4.78 is 22.3. The van der Waals surface area contributed by atoms with Crippen molar-refractivity contribution >= 4 is 13.7 Å². The van der Waals surface area contributed by atoms with Gasteiger partial charge in [0.2, 0.25) is 5.91 Å². The number of phosphoric acid groups is 1. The number of aliphatic hydroxyl groups is 1. The van der Waals surface area contributed by atoms with Gasteiger partial charge in [0.15, 0.2) is 0 Å². The summed E-state index contributed by atoms with van der Waals surface area (Å²) in [6.07, 6.45) is 50.8. The molecule has 340 valence electrons. The first-order valence-electron chi connectivity index (χ1n) is 24.8. The summed E-state index contributed by atoms with van der Waals surface area (Å²) in [5.74, 6) is -0.160. The molecular formula is C48H97N2O6P. The van der Waals surface area contributed by atoms with E-state index in [2.05, 4.69) is 31.3 Å². The summed E-state index contributed by atoms with van der Waals surface area (Å²) in [6.45, 7) is 4.24. The van der Waals surface area contributed by atoms with E-state index in [4.69, 9.17) is 14.8 Å². The summed E-state index contributed by atoms with van der Waals surface area (Å²) in [4.78, 5) is 22.8. The second-order valence-electron chi connectivity index (χ2n) is 17.0. The zero-order valence-electron chi connectivity index (χ0n) is 37.9. The SMILES string of the molecule is CCCCCCCC/C=C\CCCCCCCCCCCC(=O)NC(COP(=O)(O)OCCN)C(O)CCCCCCCCCCCCCCCCCCCCC. The second-order valence-corrected chi connectivity index (χ2v) is 18.5. The summed E-state index contributed by atoms with van der Waals surface area (Å²) >= 11 is 0. The summed E-state index contributed by atoms with van der Waals surface area (Å²) in [5.41, 5.74) is 5.40. The van der Waals surface area contributed by atoms with Crippen molar-refractivity contribution in [3.05, 3.63) is 12.2 Å². The Morgan fingerprint density at radius 1 is 0.561 bits per heavy atom. The van der Waals surface area contributed by atoms with Crippen LogP contribution in [0.15, 0.2) is 12.2 Å². The normalized spacial score (nSPS) is 14.0. The maximum Gasteiger partial charge on any atom is 0.472 e. The van der Waals surface area contributed by atoms with Gasteiger partial charge < -0.3 is 21.1 Å². The molecule has 0 aromatic rings. The Bertz CT molecular complexity index is 906. The molecule has 0 spiro atoms. The quantitative estimate of drug-likeness (QED) is 0.0273. The van der Waals surface area contributed by atoms with Gasteiger partial charge in [-0.05, 0) is 38.5 Å². The number of aliphatic hydroxyl groups excluding tert-OH is 1. The molecule has 0 saturated carbocycles. The van der Waals surface area contributed by atoms with E-state index in [9.17, 15) is 19.4 Å². The molecule has 57 heavy (non-hydrogen) atoms. The largest absolute Gasteiger partial charge is 0.472 e. The van der Waals surface area contributed by atoms with Crippen LogP contribution in [0.4, 0.5) is 0 Å². The third kappa shape index (κ3) is 43.1. The Balaban J connectivity index is 4.06. The monoisotopic (exact) mass is 829 g/mol. The van der Waals surface area contributed by atoms with E-state index in [-0.39, 0.29) is 25.7 Å². The smallest absolute Gasteiger partial charge is 0.391 e. The zero-order valence-corrected chi connectivity index (χ0v) is 38.7. The van der Waals surface area contributed by atoms with Gasteiger partial charge in [-0.1, -0.05) is 225 Å². The van der Waals surface area contributed by atoms with Crippen molar-refractivity contribution in [2.24, 2.45) is 5.73 Å². The highest BCUT2D eigenvalue weighted by molar-refractivity contribution is 7.47. The molecule has 8 nitrogen and oxygen atoms in total. The first-order valence-corrected chi connectivity index (χ1v) is 26.3. The maximum atomic E-state index is 12.8. The average Bonchev–Trinajstić information content (AvgIpc) is 3.20. The third-order valence-electron chi connectivity index (χ3n) is 11.4. The minimum absolute atomic E-state index is 0.0906. The fourth-order valence-corrected chi connectivity index (χ4v) is 8.36. The molecular weight excluding hydrogens is 732 g/mol. The molecule has 0 bridgehead atoms. The van der Waals surface area contributed by atoms with Crippen molar-refractivity contribution in [1.82, 2.24) is 5.32 Å². The van der Waals surface area contributed by atoms with Gasteiger partial charge >= 0.3 is 7.82 Å². The van der Waals surface area contributed by atoms with Gasteiger partial charge in [-0.25, -0.2) is 4.57 Å². The molecule has 1 amide bonds. The molecule has 0 aliphatic carbocycles. The molecule has 3 atom stereocenters. The lowest BCUT2D eigenvalue weighted by Crippen LogP contribution is -2.46. The maximum absolute atomic E-state index is 12.8. The van der Waals surface area contributed by atoms with E-state index in [0.717, 1.165) is 38.5 Å². The first-order chi connectivity index (χ1) is 27.9. The van der Waals surface area contributed by atoms with Crippen LogP contribution in [0.25, 0.3) is 0 Å². The summed E-state index contributed by atoms with van der Waals surface area (Å²) in [7, 11) is -4.32. The molecule has 0 aromatic heterocycles. The highest BCUT2D eigenvalue weighted by Crippen LogP contribution is 2.43. The minimum atomic E-state index is -4.32. The fraction of sp³-hybridized carbons (Fsp3) is 0.938. The van der Waals surface area contributed by atoms with Crippen LogP contribution in [0.3, 0.4) is 0 Å². The average molecular weight is 829 g/mol. The minimum Gasteiger partial charge on any atom is -0.391 e. The Hall–Kier alpha value is -0.760. The van der Waals surface area contributed by atoms with Crippen molar-refractivity contribution in [2.75, 3.05) is 19.8 Å². The molecule has 5 N–H and O–H groups in total. The number of nitrogens with two attached hydrogens (primary N) is 1. The van der Waals surface area contributed by atoms with Crippen LogP contribution in [-0.4, -0.2) is 47.8 Å². The third-order valence-corrected chi connectivity index (χ3v) is 12.4. The molecule has 0 radical (unpaired) electrons. The van der Waals surface area contributed by atoms with Crippen LogP contribution < -0.4 is 11.1 Å². The van der Waals surface area contributed by atoms with Crippen LogP contribution >= 0.6 is 7.82 Å². The molecule has 9 heteroatoms. The molecule has 0 rings (SSSR count). The van der Waals surface area contributed by atoms with Crippen LogP contribution in [0.2, 0.25) is 0 Å². The van der Waals surface area contributed by atoms with Crippen LogP contribution in [0.5, 0.6) is 0 Å². The van der Waals surface area contributed by atoms with Gasteiger partial charge in [0, 0.05) is 13.0 Å². The molecule has 0 aliphatic heterocycles. The van der Waals surface area contributed by atoms with Gasteiger partial charge in [0.25, 0.3) is 0 Å². The molecule has 0 fully saturated rings. The number of carbonyl (C=O) groups excluding carboxylic acids is 1. The van der Waals surface area contributed by atoms with Gasteiger partial charge in [0.05, 0.1) is 25.4 Å². The van der Waals surface area contributed by atoms with E-state index in [1.54, 1.807) is 0 Å². The summed E-state index contributed by atoms with van der Waals surface area (Å²) in [6, 6.07) is -0.772. The van der Waals surface area contributed by atoms with Crippen LogP contribution in [-0.2, 0) is 18.4 Å². The lowest BCUT2D eigenvalue weighted by atomic mass is 10.0. The zero-order chi connectivity index (χ0) is 41.8. The van der Waals surface area contributed by atoms with Crippen LogP contribution in [0.1, 0.15) is 258 Å². The highest BCUT2D eigenvalue weighted by atomic mass is 31.2. The molecule has 0 aromatic carbocycles. The highest BCUT2D eigenvalue weighted by Gasteiger charge is 2.27. The van der Waals surface area contributed by atoms with E-state index in [1.165, 1.54) is 193 Å². The molecule has 0 heterocycles. The topological polar surface area (TPSA) is 131 Å². The predicted molar refractivity (Wildman–Crippen MR) is 245 cm³/mol. The number of carbonyl (C=O) groups is 1. The predicted octanol–water partition coefficient (Wildman–Crippen LogP) is 14.3. The van der Waals surface area contributed by atoms with Gasteiger partial charge in [-0.15, -0.1) is 0 Å². The Morgan fingerprint density at radius 2 is 0.912 bits per heavy atom. The number of unbranched alkanes of at least 4 members (excludes halogenated alkanes) is 33. The number of phosphoric ester groups is 1. The number of amides is 1. The van der Waals surface area contributed by atoms with E-state index in [0.29, 0.717) is 12.8 Å². The molecule has 0 saturated heterocycles. The van der Waals surface area contributed by atoms with Crippen molar-refractivity contribution in [2.45, 2.75) is 270 Å².